The van der Waals surface area contributed by atoms with Crippen LogP contribution in [0.2, 0.25) is 0 Å². The van der Waals surface area contributed by atoms with Crippen molar-refractivity contribution in [2.45, 2.75) is 20.8 Å². The molecule has 3 N–H and O–H groups in total. The van der Waals surface area contributed by atoms with Crippen LogP contribution in [0.15, 0.2) is 12.1 Å². The molecule has 5 heteroatoms. The molecular formula is C13H19FN2O2. The van der Waals surface area contributed by atoms with Gasteiger partial charge in [0.05, 0.1) is 11.4 Å². The first-order valence-corrected chi connectivity index (χ1v) is 5.66. The number of hydrogen-bond acceptors (Lipinski definition) is 3. The minimum atomic E-state index is -1.22. The van der Waals surface area contributed by atoms with Crippen LogP contribution in [0.4, 0.5) is 15.8 Å². The molecule has 1 aromatic rings. The molecule has 0 atom stereocenters. The first-order chi connectivity index (χ1) is 8.13. The number of nitrogens with zero attached hydrogens (tertiary/aromatic N) is 1. The Morgan fingerprint density at radius 3 is 2.44 bits per heavy atom. The first-order valence-electron chi connectivity index (χ1n) is 5.66. The van der Waals surface area contributed by atoms with Gasteiger partial charge in [-0.2, -0.15) is 0 Å². The summed E-state index contributed by atoms with van der Waals surface area (Å²) < 4.78 is 13.3. The summed E-state index contributed by atoms with van der Waals surface area (Å²) in [6, 6.07) is 2.64. The van der Waals surface area contributed by atoms with Gasteiger partial charge in [-0.15, -0.1) is 0 Å². The third kappa shape index (κ3) is 3.12. The Hall–Kier alpha value is -1.78. The van der Waals surface area contributed by atoms with Gasteiger partial charge in [0.1, 0.15) is 11.4 Å². The Labute approximate surface area is 106 Å². The maximum atomic E-state index is 13.3. The van der Waals surface area contributed by atoms with Crippen molar-refractivity contribution in [1.82, 2.24) is 0 Å². The van der Waals surface area contributed by atoms with E-state index in [1.165, 1.54) is 12.1 Å². The lowest BCUT2D eigenvalue weighted by Gasteiger charge is -2.29. The van der Waals surface area contributed by atoms with Crippen LogP contribution < -0.4 is 10.6 Å². The molecule has 18 heavy (non-hydrogen) atoms. The van der Waals surface area contributed by atoms with Gasteiger partial charge in [0.25, 0.3) is 0 Å². The number of hydrogen-bond donors (Lipinski definition) is 2. The van der Waals surface area contributed by atoms with E-state index in [0.717, 1.165) is 0 Å². The van der Waals surface area contributed by atoms with E-state index in [2.05, 4.69) is 0 Å². The maximum absolute atomic E-state index is 13.3. The largest absolute Gasteiger partial charge is 0.478 e. The predicted octanol–water partition coefficient (Wildman–Crippen LogP) is 2.59. The second-order valence-corrected chi connectivity index (χ2v) is 5.58. The van der Waals surface area contributed by atoms with Crippen LogP contribution >= 0.6 is 0 Å². The van der Waals surface area contributed by atoms with Crippen LogP contribution in [0.1, 0.15) is 31.1 Å². The lowest BCUT2D eigenvalue weighted by Crippen LogP contribution is -2.30. The summed E-state index contributed by atoms with van der Waals surface area (Å²) in [5.41, 5.74) is 5.43. The molecule has 0 aliphatic rings. The smallest absolute Gasteiger partial charge is 0.340 e. The molecule has 0 saturated heterocycles. The summed E-state index contributed by atoms with van der Waals surface area (Å²) in [5, 5.41) is 9.14. The fraction of sp³-hybridized carbons (Fsp3) is 0.462. The third-order valence-corrected chi connectivity index (χ3v) is 2.51. The fourth-order valence-electron chi connectivity index (χ4n) is 1.92. The molecule has 0 saturated carbocycles. The summed E-state index contributed by atoms with van der Waals surface area (Å²) in [6.07, 6.45) is 0. The summed E-state index contributed by atoms with van der Waals surface area (Å²) in [5.74, 6) is -1.93. The van der Waals surface area contributed by atoms with Gasteiger partial charge in [0.15, 0.2) is 0 Å². The van der Waals surface area contributed by atoms with Gasteiger partial charge in [-0.3, -0.25) is 0 Å². The van der Waals surface area contributed by atoms with Crippen molar-refractivity contribution in [2.75, 3.05) is 24.2 Å². The number of benzene rings is 1. The van der Waals surface area contributed by atoms with Crippen LogP contribution in [0.25, 0.3) is 0 Å². The van der Waals surface area contributed by atoms with Crippen LogP contribution in [-0.2, 0) is 0 Å². The van der Waals surface area contributed by atoms with Gasteiger partial charge in [0.2, 0.25) is 0 Å². The van der Waals surface area contributed by atoms with Gasteiger partial charge >= 0.3 is 5.97 Å². The summed E-state index contributed by atoms with van der Waals surface area (Å²) in [7, 11) is 1.77. The third-order valence-electron chi connectivity index (χ3n) is 2.51. The standard InChI is InChI=1S/C13H19FN2O2/c1-13(2,3)7-16(4)9-6-5-8(14)11(15)10(9)12(17)18/h5-6H,7,15H2,1-4H3,(H,17,18). The molecule has 0 heterocycles. The van der Waals surface area contributed by atoms with E-state index >= 15 is 0 Å². The van der Waals surface area contributed by atoms with Crippen molar-refractivity contribution in [3.05, 3.63) is 23.5 Å². The first kappa shape index (κ1) is 14.3. The number of carboxylic acid groups (broad SMARTS) is 1. The molecule has 0 aliphatic heterocycles. The number of nitrogen functional groups attached to an aromatic ring is 1. The highest BCUT2D eigenvalue weighted by Gasteiger charge is 2.22. The average Bonchev–Trinajstić information content (AvgIpc) is 2.18. The minimum Gasteiger partial charge on any atom is -0.478 e. The lowest BCUT2D eigenvalue weighted by molar-refractivity contribution is 0.0698. The molecule has 0 spiro atoms. The minimum absolute atomic E-state index is 0.00628. The number of carboxylic acids is 1. The molecule has 1 aromatic carbocycles. The van der Waals surface area contributed by atoms with Crippen LogP contribution in [-0.4, -0.2) is 24.7 Å². The maximum Gasteiger partial charge on any atom is 0.340 e. The number of anilines is 2. The number of rotatable bonds is 3. The van der Waals surface area contributed by atoms with E-state index < -0.39 is 11.8 Å². The highest BCUT2D eigenvalue weighted by molar-refractivity contribution is 6.00. The zero-order valence-corrected chi connectivity index (χ0v) is 11.1. The number of aromatic carboxylic acids is 1. The van der Waals surface area contributed by atoms with Crippen LogP contribution in [0.3, 0.4) is 0 Å². The molecule has 1 rings (SSSR count). The fourth-order valence-corrected chi connectivity index (χ4v) is 1.92. The van der Waals surface area contributed by atoms with Crippen molar-refractivity contribution in [2.24, 2.45) is 5.41 Å². The molecule has 0 radical (unpaired) electrons. The normalized spacial score (nSPS) is 11.4. The van der Waals surface area contributed by atoms with Crippen molar-refractivity contribution in [3.63, 3.8) is 0 Å². The Morgan fingerprint density at radius 2 is 2.00 bits per heavy atom. The van der Waals surface area contributed by atoms with E-state index in [4.69, 9.17) is 10.8 Å². The Kier molecular flexibility index (Phi) is 3.84. The molecule has 4 nitrogen and oxygen atoms in total. The summed E-state index contributed by atoms with van der Waals surface area (Å²) in [4.78, 5) is 13.0. The highest BCUT2D eigenvalue weighted by atomic mass is 19.1. The van der Waals surface area contributed by atoms with Gasteiger partial charge in [-0.1, -0.05) is 20.8 Å². The van der Waals surface area contributed by atoms with Crippen LogP contribution in [0.5, 0.6) is 0 Å². The molecule has 0 fully saturated rings. The van der Waals surface area contributed by atoms with Gasteiger partial charge in [-0.25, -0.2) is 9.18 Å². The van der Waals surface area contributed by atoms with E-state index in [1.54, 1.807) is 11.9 Å². The summed E-state index contributed by atoms with van der Waals surface area (Å²) >= 11 is 0. The van der Waals surface area contributed by atoms with Crippen molar-refractivity contribution >= 4 is 17.3 Å². The topological polar surface area (TPSA) is 66.6 Å². The number of carbonyl (C=O) groups is 1. The van der Waals surface area contributed by atoms with E-state index in [9.17, 15) is 9.18 Å². The Morgan fingerprint density at radius 1 is 1.44 bits per heavy atom. The van der Waals surface area contributed by atoms with Gasteiger partial charge in [-0.05, 0) is 17.5 Å². The van der Waals surface area contributed by atoms with E-state index in [0.29, 0.717) is 12.2 Å². The van der Waals surface area contributed by atoms with Crippen molar-refractivity contribution in [3.8, 4) is 0 Å². The molecule has 0 aromatic heterocycles. The number of halogens is 1. The molecule has 0 unspecified atom stereocenters. The molecule has 0 amide bonds. The summed E-state index contributed by atoms with van der Waals surface area (Å²) in [6.45, 7) is 6.75. The quantitative estimate of drug-likeness (QED) is 0.814. The average molecular weight is 254 g/mol. The van der Waals surface area contributed by atoms with E-state index in [1.807, 2.05) is 20.8 Å². The zero-order chi connectivity index (χ0) is 14.1. The lowest BCUT2D eigenvalue weighted by atomic mass is 9.95. The molecule has 100 valence electrons. The monoisotopic (exact) mass is 254 g/mol. The van der Waals surface area contributed by atoms with Gasteiger partial charge < -0.3 is 15.7 Å². The highest BCUT2D eigenvalue weighted by Crippen LogP contribution is 2.29. The Balaban J connectivity index is 3.24. The predicted molar refractivity (Wildman–Crippen MR) is 70.5 cm³/mol. The van der Waals surface area contributed by atoms with Crippen molar-refractivity contribution < 1.29 is 14.3 Å². The second-order valence-electron chi connectivity index (χ2n) is 5.58. The number of nitrogens with two attached hydrogens (primary N) is 1. The van der Waals surface area contributed by atoms with Crippen LogP contribution in [0, 0.1) is 11.2 Å². The van der Waals surface area contributed by atoms with Crippen molar-refractivity contribution in [1.29, 1.82) is 0 Å². The van der Waals surface area contributed by atoms with E-state index in [-0.39, 0.29) is 16.7 Å². The molecule has 0 bridgehead atoms. The molecule has 0 aliphatic carbocycles. The molecular weight excluding hydrogens is 235 g/mol. The zero-order valence-electron chi connectivity index (χ0n) is 11.1. The second kappa shape index (κ2) is 4.84. The van der Waals surface area contributed by atoms with Gasteiger partial charge in [0, 0.05) is 13.6 Å². The Bertz CT molecular complexity index is 467. The SMILES string of the molecule is CN(CC(C)(C)C)c1ccc(F)c(N)c1C(=O)O.